The van der Waals surface area contributed by atoms with E-state index in [-0.39, 0.29) is 6.30 Å². The number of nitrogens with two attached hydrogens (primary N) is 1. The molecule has 2 rings (SSSR count). The number of hydrogen-bond acceptors (Lipinski definition) is 3. The summed E-state index contributed by atoms with van der Waals surface area (Å²) in [6, 6.07) is 5.48. The van der Waals surface area contributed by atoms with Crippen LogP contribution in [0.25, 0.3) is 10.2 Å². The molecule has 0 saturated heterocycles. The van der Waals surface area contributed by atoms with E-state index < -0.39 is 0 Å². The van der Waals surface area contributed by atoms with Crippen LogP contribution in [0, 0.1) is 0 Å². The zero-order valence-corrected chi connectivity index (χ0v) is 7.39. The predicted molar refractivity (Wildman–Crippen MR) is 53.6 cm³/mol. The highest BCUT2D eigenvalue weighted by atomic mass is 32.1. The van der Waals surface area contributed by atoms with E-state index in [1.54, 1.807) is 17.7 Å². The van der Waals surface area contributed by atoms with Gasteiger partial charge in [-0.3, -0.25) is 4.79 Å². The highest BCUT2D eigenvalue weighted by Gasteiger charge is 2.02. The van der Waals surface area contributed by atoms with E-state index in [4.69, 9.17) is 5.73 Å². The number of rotatable bonds is 0. The second-order valence-corrected chi connectivity index (χ2v) is 3.65. The Balaban J connectivity index is 0.000000845. The minimum absolute atomic E-state index is 0. The molecule has 1 aromatic heterocycles. The molecule has 0 spiro atoms. The van der Waals surface area contributed by atoms with Gasteiger partial charge in [-0.2, -0.15) is 0 Å². The fourth-order valence-corrected chi connectivity index (χ4v) is 2.08. The normalized spacial score (nSPS) is 10.8. The zero-order valence-electron chi connectivity index (χ0n) is 6.57. The van der Waals surface area contributed by atoms with Gasteiger partial charge in [0, 0.05) is 14.2 Å². The van der Waals surface area contributed by atoms with Crippen LogP contribution >= 0.6 is 11.3 Å². The van der Waals surface area contributed by atoms with E-state index in [1.807, 2.05) is 12.1 Å². The molecule has 0 amide bonds. The Hall–Kier alpha value is -1.29. The lowest BCUT2D eigenvalue weighted by molar-refractivity contribution is 0.939. The van der Waals surface area contributed by atoms with Crippen LogP contribution in [0.1, 0.15) is 1.43 Å². The molecule has 0 unspecified atom stereocenters. The summed E-state index contributed by atoms with van der Waals surface area (Å²) in [4.78, 5) is 11.2. The quantitative estimate of drug-likeness (QED) is 0.626. The Morgan fingerprint density at radius 2 is 2.33 bits per heavy atom. The number of anilines is 1. The number of aryl methyl sites for hydroxylation is 1. The molecule has 0 fully saturated rings. The number of nitrogens with zero attached hydrogens (tertiary/aromatic N) is 1. The molecule has 2 aromatic rings. The monoisotopic (exact) mass is 182 g/mol. The summed E-state index contributed by atoms with van der Waals surface area (Å²) in [5.74, 6) is 0. The summed E-state index contributed by atoms with van der Waals surface area (Å²) in [7, 11) is 1.76. The molecular formula is C8H10N2OS. The highest BCUT2D eigenvalue weighted by molar-refractivity contribution is 7.16. The summed E-state index contributed by atoms with van der Waals surface area (Å²) < 4.78 is 2.57. The maximum atomic E-state index is 11.2. The molecule has 3 nitrogen and oxygen atoms in total. The van der Waals surface area contributed by atoms with Crippen molar-refractivity contribution in [1.29, 1.82) is 0 Å². The molecule has 0 radical (unpaired) electrons. The second kappa shape index (κ2) is 2.35. The van der Waals surface area contributed by atoms with Gasteiger partial charge in [0.2, 0.25) is 0 Å². The van der Waals surface area contributed by atoms with Crippen LogP contribution in [0.3, 0.4) is 0 Å². The number of hydrogen-bond donors (Lipinski definition) is 1. The fraction of sp³-hybridized carbons (Fsp3) is 0.125. The molecule has 0 atom stereocenters. The van der Waals surface area contributed by atoms with Gasteiger partial charge in [-0.1, -0.05) is 11.3 Å². The molecule has 4 heteroatoms. The molecule has 1 heterocycles. The van der Waals surface area contributed by atoms with Gasteiger partial charge in [0.25, 0.3) is 0 Å². The molecule has 1 aromatic carbocycles. The maximum Gasteiger partial charge on any atom is 0.307 e. The lowest BCUT2D eigenvalue weighted by Crippen LogP contribution is -2.06. The van der Waals surface area contributed by atoms with Crippen LogP contribution in [-0.4, -0.2) is 4.57 Å². The third-order valence-electron chi connectivity index (χ3n) is 1.82. The van der Waals surface area contributed by atoms with Gasteiger partial charge in [-0.05, 0) is 18.2 Å². The van der Waals surface area contributed by atoms with Gasteiger partial charge in [0.15, 0.2) is 0 Å². The summed E-state index contributed by atoms with van der Waals surface area (Å²) in [5, 5.41) is 0. The molecule has 0 aliphatic carbocycles. The molecule has 0 saturated carbocycles. The average Bonchev–Trinajstić information content (AvgIpc) is 2.28. The molecule has 0 aliphatic heterocycles. The van der Waals surface area contributed by atoms with E-state index in [0.717, 1.165) is 10.2 Å². The maximum absolute atomic E-state index is 11.2. The standard InChI is InChI=1S/C8H8N2OS.H2/c1-10-6-3-2-5(9)4-7(6)12-8(10)11;/h2-4H,9H2,1H3;1H. The van der Waals surface area contributed by atoms with E-state index in [0.29, 0.717) is 5.69 Å². The lowest BCUT2D eigenvalue weighted by atomic mass is 10.3. The van der Waals surface area contributed by atoms with Crippen molar-refractivity contribution in [2.45, 2.75) is 0 Å². The first-order valence-electron chi connectivity index (χ1n) is 3.53. The lowest BCUT2D eigenvalue weighted by Gasteiger charge is -1.94. The highest BCUT2D eigenvalue weighted by Crippen LogP contribution is 2.18. The molecule has 64 valence electrons. The minimum Gasteiger partial charge on any atom is -0.399 e. The van der Waals surface area contributed by atoms with Crippen molar-refractivity contribution in [1.82, 2.24) is 4.57 Å². The Bertz CT molecular complexity index is 488. The fourth-order valence-electron chi connectivity index (χ4n) is 1.15. The van der Waals surface area contributed by atoms with Gasteiger partial charge < -0.3 is 10.3 Å². The smallest absolute Gasteiger partial charge is 0.307 e. The first-order valence-corrected chi connectivity index (χ1v) is 4.35. The Labute approximate surface area is 74.5 Å². The Morgan fingerprint density at radius 3 is 3.08 bits per heavy atom. The average molecular weight is 182 g/mol. The van der Waals surface area contributed by atoms with Crippen molar-refractivity contribution < 1.29 is 1.43 Å². The molecule has 2 N–H and O–H groups in total. The van der Waals surface area contributed by atoms with Crippen LogP contribution < -0.4 is 10.6 Å². The van der Waals surface area contributed by atoms with Crippen molar-refractivity contribution in [3.05, 3.63) is 27.9 Å². The molecule has 0 bridgehead atoms. The third-order valence-corrected chi connectivity index (χ3v) is 2.81. The van der Waals surface area contributed by atoms with Crippen molar-refractivity contribution in [2.24, 2.45) is 7.05 Å². The van der Waals surface area contributed by atoms with Gasteiger partial charge in [0.1, 0.15) is 0 Å². The molecule has 0 aliphatic rings. The Morgan fingerprint density at radius 1 is 1.58 bits per heavy atom. The third kappa shape index (κ3) is 0.921. The summed E-state index contributed by atoms with van der Waals surface area (Å²) in [6.45, 7) is 0. The number of aromatic nitrogens is 1. The first kappa shape index (κ1) is 7.36. The van der Waals surface area contributed by atoms with Crippen LogP contribution in [0.2, 0.25) is 0 Å². The van der Waals surface area contributed by atoms with Gasteiger partial charge in [-0.15, -0.1) is 0 Å². The molecular weight excluding hydrogens is 172 g/mol. The van der Waals surface area contributed by atoms with Gasteiger partial charge >= 0.3 is 4.87 Å². The van der Waals surface area contributed by atoms with Crippen LogP contribution in [-0.2, 0) is 7.05 Å². The van der Waals surface area contributed by atoms with Crippen molar-refractivity contribution in [3.8, 4) is 0 Å². The summed E-state index contributed by atoms with van der Waals surface area (Å²) in [5.41, 5.74) is 7.22. The van der Waals surface area contributed by atoms with Gasteiger partial charge in [0.05, 0.1) is 10.2 Å². The van der Waals surface area contributed by atoms with Crippen molar-refractivity contribution in [2.75, 3.05) is 5.73 Å². The molecule has 12 heavy (non-hydrogen) atoms. The van der Waals surface area contributed by atoms with E-state index in [1.165, 1.54) is 11.3 Å². The second-order valence-electron chi connectivity index (χ2n) is 2.65. The van der Waals surface area contributed by atoms with Crippen LogP contribution in [0.15, 0.2) is 23.0 Å². The summed E-state index contributed by atoms with van der Waals surface area (Å²) in [6.07, 6.45) is 0. The van der Waals surface area contributed by atoms with Crippen LogP contribution in [0.4, 0.5) is 5.69 Å². The minimum atomic E-state index is 0. The number of nitrogen functional groups attached to an aromatic ring is 1. The predicted octanol–water partition coefficient (Wildman–Crippen LogP) is 1.43. The summed E-state index contributed by atoms with van der Waals surface area (Å²) >= 11 is 1.22. The number of fused-ring (bicyclic) bond motifs is 1. The number of thiazole rings is 1. The SMILES string of the molecule is Cn1c(=O)sc2cc(N)ccc21.[HH]. The topological polar surface area (TPSA) is 48.0 Å². The van der Waals surface area contributed by atoms with E-state index in [9.17, 15) is 4.79 Å². The van der Waals surface area contributed by atoms with Crippen LogP contribution in [0.5, 0.6) is 0 Å². The first-order chi connectivity index (χ1) is 5.68. The van der Waals surface area contributed by atoms with Crippen molar-refractivity contribution >= 4 is 27.2 Å². The largest absolute Gasteiger partial charge is 0.399 e. The van der Waals surface area contributed by atoms with Gasteiger partial charge in [-0.25, -0.2) is 0 Å². The zero-order chi connectivity index (χ0) is 8.72. The van der Waals surface area contributed by atoms with Crippen molar-refractivity contribution in [3.63, 3.8) is 0 Å². The van der Waals surface area contributed by atoms with E-state index in [2.05, 4.69) is 0 Å². The van der Waals surface area contributed by atoms with E-state index >= 15 is 0 Å². The number of benzene rings is 1. The Kier molecular flexibility index (Phi) is 1.44.